The third kappa shape index (κ3) is 2.98. The summed E-state index contributed by atoms with van der Waals surface area (Å²) in [6.07, 6.45) is 0.610. The number of rotatable bonds is 3. The van der Waals surface area contributed by atoms with Crippen LogP contribution in [-0.2, 0) is 9.53 Å². The molecule has 1 rings (SSSR count). The fourth-order valence-corrected chi connectivity index (χ4v) is 1.08. The second-order valence-corrected chi connectivity index (χ2v) is 3.38. The van der Waals surface area contributed by atoms with Crippen LogP contribution in [0.25, 0.3) is 0 Å². The van der Waals surface area contributed by atoms with E-state index in [1.54, 1.807) is 20.1 Å². The Kier molecular flexibility index (Phi) is 3.88. The van der Waals surface area contributed by atoms with Crippen molar-refractivity contribution in [2.75, 3.05) is 5.32 Å². The van der Waals surface area contributed by atoms with Crippen molar-refractivity contribution < 1.29 is 19.4 Å². The molecule has 5 heteroatoms. The number of phenols is 1. The molecule has 0 bridgehead atoms. The summed E-state index contributed by atoms with van der Waals surface area (Å²) in [4.78, 5) is 21.6. The predicted octanol–water partition coefficient (Wildman–Crippen LogP) is 1.81. The lowest BCUT2D eigenvalue weighted by molar-refractivity contribution is 0.130. The number of ether oxygens (including phenoxy) is 1. The minimum atomic E-state index is -0.687. The van der Waals surface area contributed by atoms with E-state index in [2.05, 4.69) is 5.32 Å². The summed E-state index contributed by atoms with van der Waals surface area (Å²) in [7, 11) is 0. The van der Waals surface area contributed by atoms with Gasteiger partial charge in [-0.2, -0.15) is 0 Å². The van der Waals surface area contributed by atoms with Crippen LogP contribution in [0.1, 0.15) is 19.4 Å². The van der Waals surface area contributed by atoms with Gasteiger partial charge in [0.2, 0.25) is 6.29 Å². The number of benzene rings is 1. The summed E-state index contributed by atoms with van der Waals surface area (Å²) in [6, 6.07) is 4.37. The number of aromatic hydroxyl groups is 1. The van der Waals surface area contributed by atoms with Gasteiger partial charge in [-0.25, -0.2) is 4.79 Å². The van der Waals surface area contributed by atoms with E-state index in [0.717, 1.165) is 0 Å². The number of anilines is 1. The van der Waals surface area contributed by atoms with Crippen LogP contribution in [-0.4, -0.2) is 23.6 Å². The second-order valence-electron chi connectivity index (χ2n) is 3.38. The first-order chi connectivity index (χ1) is 7.54. The van der Waals surface area contributed by atoms with Gasteiger partial charge in [0.25, 0.3) is 0 Å². The quantitative estimate of drug-likeness (QED) is 0.765. The van der Waals surface area contributed by atoms with E-state index in [4.69, 9.17) is 4.74 Å². The summed E-state index contributed by atoms with van der Waals surface area (Å²) in [5.74, 6) is -0.321. The molecule has 1 amide bonds. The molecule has 0 saturated carbocycles. The smallest absolute Gasteiger partial charge is 0.411 e. The number of hydrogen-bond acceptors (Lipinski definition) is 4. The van der Waals surface area contributed by atoms with E-state index < -0.39 is 6.09 Å². The van der Waals surface area contributed by atoms with Crippen LogP contribution in [0.15, 0.2) is 18.2 Å². The van der Waals surface area contributed by atoms with Crippen LogP contribution in [0.2, 0.25) is 0 Å². The SMILES string of the molecule is CC(C)OC(=O)Nc1cccc([C]=O)c1O. The van der Waals surface area contributed by atoms with Gasteiger partial charge >= 0.3 is 6.09 Å². The van der Waals surface area contributed by atoms with Gasteiger partial charge in [0, 0.05) is 0 Å². The van der Waals surface area contributed by atoms with Crippen molar-refractivity contribution in [2.24, 2.45) is 0 Å². The molecule has 1 aromatic carbocycles. The van der Waals surface area contributed by atoms with E-state index in [-0.39, 0.29) is 23.1 Å². The first-order valence-corrected chi connectivity index (χ1v) is 4.72. The van der Waals surface area contributed by atoms with E-state index in [1.165, 1.54) is 18.2 Å². The van der Waals surface area contributed by atoms with Crippen molar-refractivity contribution in [1.82, 2.24) is 0 Å². The zero-order valence-electron chi connectivity index (χ0n) is 8.98. The molecule has 1 radical (unpaired) electrons. The Morgan fingerprint density at radius 3 is 2.75 bits per heavy atom. The van der Waals surface area contributed by atoms with E-state index in [1.807, 2.05) is 0 Å². The normalized spacial score (nSPS) is 9.94. The Labute approximate surface area is 93.0 Å². The lowest BCUT2D eigenvalue weighted by Gasteiger charge is -2.10. The first kappa shape index (κ1) is 12.0. The van der Waals surface area contributed by atoms with Gasteiger partial charge < -0.3 is 9.84 Å². The molecule has 0 atom stereocenters. The van der Waals surface area contributed by atoms with Gasteiger partial charge in [-0.15, -0.1) is 0 Å². The molecule has 0 heterocycles. The van der Waals surface area contributed by atoms with Gasteiger partial charge in [0.05, 0.1) is 17.4 Å². The molecule has 0 spiro atoms. The Balaban J connectivity index is 2.81. The maximum absolute atomic E-state index is 11.2. The van der Waals surface area contributed by atoms with Gasteiger partial charge in [-0.3, -0.25) is 10.1 Å². The van der Waals surface area contributed by atoms with Crippen LogP contribution >= 0.6 is 0 Å². The van der Waals surface area contributed by atoms with E-state index in [9.17, 15) is 14.7 Å². The molecular weight excluding hydrogens is 210 g/mol. The Bertz CT molecular complexity index is 401. The number of carbonyl (C=O) groups excluding carboxylic acids is 2. The van der Waals surface area contributed by atoms with Crippen molar-refractivity contribution in [3.63, 3.8) is 0 Å². The maximum atomic E-state index is 11.2. The molecule has 0 unspecified atom stereocenters. The molecule has 0 aliphatic heterocycles. The topological polar surface area (TPSA) is 75.6 Å². The van der Waals surface area contributed by atoms with Gasteiger partial charge in [0.1, 0.15) is 5.75 Å². The molecule has 0 saturated heterocycles. The average molecular weight is 222 g/mol. The fraction of sp³-hybridized carbons (Fsp3) is 0.273. The molecule has 0 aliphatic rings. The molecule has 2 N–H and O–H groups in total. The third-order valence-electron chi connectivity index (χ3n) is 1.73. The van der Waals surface area contributed by atoms with E-state index in [0.29, 0.717) is 0 Å². The van der Waals surface area contributed by atoms with Crippen LogP contribution in [0.5, 0.6) is 5.75 Å². The van der Waals surface area contributed by atoms with Gasteiger partial charge in [0.15, 0.2) is 0 Å². The second kappa shape index (κ2) is 5.16. The van der Waals surface area contributed by atoms with Gasteiger partial charge in [-0.05, 0) is 26.0 Å². The summed E-state index contributed by atoms with van der Waals surface area (Å²) >= 11 is 0. The van der Waals surface area contributed by atoms with Crippen molar-refractivity contribution in [1.29, 1.82) is 0 Å². The number of para-hydroxylation sites is 1. The predicted molar refractivity (Wildman–Crippen MR) is 58.1 cm³/mol. The molecule has 85 valence electrons. The highest BCUT2D eigenvalue weighted by Gasteiger charge is 2.11. The summed E-state index contributed by atoms with van der Waals surface area (Å²) in [6.45, 7) is 3.41. The molecular formula is C11H12NO4. The lowest BCUT2D eigenvalue weighted by atomic mass is 10.2. The van der Waals surface area contributed by atoms with Crippen molar-refractivity contribution in [3.8, 4) is 5.75 Å². The highest BCUT2D eigenvalue weighted by atomic mass is 16.6. The largest absolute Gasteiger partial charge is 0.505 e. The molecule has 0 fully saturated rings. The van der Waals surface area contributed by atoms with Crippen LogP contribution < -0.4 is 5.32 Å². The number of phenolic OH excluding ortho intramolecular Hbond substituents is 1. The molecule has 0 aliphatic carbocycles. The Morgan fingerprint density at radius 1 is 1.50 bits per heavy atom. The molecule has 0 aromatic heterocycles. The molecule has 16 heavy (non-hydrogen) atoms. The monoisotopic (exact) mass is 222 g/mol. The standard InChI is InChI=1S/C11H12NO4/c1-7(2)16-11(15)12-9-5-3-4-8(6-13)10(9)14/h3-5,7,14H,1-2H3,(H,12,15). The number of carbonyl (C=O) groups is 1. The first-order valence-electron chi connectivity index (χ1n) is 4.72. The fourth-order valence-electron chi connectivity index (χ4n) is 1.08. The molecule has 5 nitrogen and oxygen atoms in total. The van der Waals surface area contributed by atoms with Crippen molar-refractivity contribution in [2.45, 2.75) is 20.0 Å². The summed E-state index contributed by atoms with van der Waals surface area (Å²) in [5, 5.41) is 11.9. The number of nitrogens with one attached hydrogen (secondary N) is 1. The average Bonchev–Trinajstić information content (AvgIpc) is 2.20. The van der Waals surface area contributed by atoms with Crippen LogP contribution in [0, 0.1) is 0 Å². The number of hydrogen-bond donors (Lipinski definition) is 2. The Morgan fingerprint density at radius 2 is 2.19 bits per heavy atom. The van der Waals surface area contributed by atoms with Crippen LogP contribution in [0.3, 0.4) is 0 Å². The Hall–Kier alpha value is -2.04. The van der Waals surface area contributed by atoms with E-state index >= 15 is 0 Å². The summed E-state index contributed by atoms with van der Waals surface area (Å²) in [5.41, 5.74) is 0.105. The number of amides is 1. The molecule has 1 aromatic rings. The minimum absolute atomic E-state index is 0.0117. The van der Waals surface area contributed by atoms with Crippen LogP contribution in [0.4, 0.5) is 10.5 Å². The minimum Gasteiger partial charge on any atom is -0.505 e. The maximum Gasteiger partial charge on any atom is 0.411 e. The van der Waals surface area contributed by atoms with Gasteiger partial charge in [-0.1, -0.05) is 6.07 Å². The van der Waals surface area contributed by atoms with Crippen molar-refractivity contribution in [3.05, 3.63) is 23.8 Å². The highest BCUT2D eigenvalue weighted by Crippen LogP contribution is 2.26. The lowest BCUT2D eigenvalue weighted by Crippen LogP contribution is -2.18. The zero-order valence-corrected chi connectivity index (χ0v) is 8.98. The zero-order chi connectivity index (χ0) is 12.1. The third-order valence-corrected chi connectivity index (χ3v) is 1.73. The highest BCUT2D eigenvalue weighted by molar-refractivity contribution is 5.91. The van der Waals surface area contributed by atoms with Crippen molar-refractivity contribution >= 4 is 18.1 Å². The summed E-state index contributed by atoms with van der Waals surface area (Å²) < 4.78 is 4.82.